The number of benzene rings is 1. The summed E-state index contributed by atoms with van der Waals surface area (Å²) in [4.78, 5) is 26.1. The largest absolute Gasteiger partial charge is 0.494 e. The lowest BCUT2D eigenvalue weighted by atomic mass is 10.3. The predicted octanol–water partition coefficient (Wildman–Crippen LogP) is 0.650. The molecule has 234 valence electrons. The highest BCUT2D eigenvalue weighted by Gasteiger charge is 2.32. The molecule has 3 aromatic rings. The van der Waals surface area contributed by atoms with E-state index in [4.69, 9.17) is 14.5 Å². The zero-order valence-corrected chi connectivity index (χ0v) is 25.1. The van der Waals surface area contributed by atoms with E-state index in [2.05, 4.69) is 19.9 Å². The molecule has 0 aliphatic carbocycles. The number of morpholine rings is 1. The zero-order valence-electron chi connectivity index (χ0n) is 24.3. The molecule has 2 aromatic heterocycles. The molecule has 0 bridgehead atoms. The van der Waals surface area contributed by atoms with Crippen LogP contribution in [0.1, 0.15) is 12.2 Å². The average molecular weight is 623 g/mol. The van der Waals surface area contributed by atoms with E-state index in [9.17, 15) is 17.2 Å². The van der Waals surface area contributed by atoms with E-state index in [-0.39, 0.29) is 36.4 Å². The monoisotopic (exact) mass is 622 g/mol. The molecule has 0 N–H and O–H groups in total. The molecule has 0 radical (unpaired) electrons. The Labute approximate surface area is 248 Å². The number of imidazole rings is 1. The molecule has 0 atom stereocenters. The Kier molecular flexibility index (Phi) is 8.59. The number of ether oxygens (including phenoxy) is 2. The van der Waals surface area contributed by atoms with Crippen molar-refractivity contribution in [2.45, 2.75) is 6.43 Å². The summed E-state index contributed by atoms with van der Waals surface area (Å²) >= 11 is 0. The maximum Gasteiger partial charge on any atom is 0.296 e. The number of methoxy groups -OCH3 is 1. The van der Waals surface area contributed by atoms with Crippen LogP contribution in [-0.2, 0) is 14.8 Å². The van der Waals surface area contributed by atoms with Gasteiger partial charge < -0.3 is 24.2 Å². The molecule has 0 amide bonds. The average Bonchev–Trinajstić information content (AvgIpc) is 3.43. The number of likely N-dealkylation sites (N-methyl/N-ethyl adjacent to an activating group) is 1. The Balaban J connectivity index is 1.30. The highest BCUT2D eigenvalue weighted by atomic mass is 32.2. The van der Waals surface area contributed by atoms with Crippen LogP contribution >= 0.6 is 0 Å². The number of hydrogen-bond acceptors (Lipinski definition) is 12. The number of halogens is 2. The third kappa shape index (κ3) is 6.22. The van der Waals surface area contributed by atoms with Crippen LogP contribution in [0.15, 0.2) is 18.2 Å². The molecule has 17 heteroatoms. The standard InChI is InChI=1S/C26H36F2N10O4S/c1-33-6-8-34(9-7-33)18-43(39,40)37-12-10-35(11-13-37)24-30-25(36-14-16-42-17-15-36)32-26(31-24)38-19-4-3-5-20(41-2)21(19)29-23(38)22(27)28/h3-5,22H,6-18H2,1-2H3. The number of para-hydroxylation sites is 1. The fourth-order valence-electron chi connectivity index (χ4n) is 5.56. The van der Waals surface area contributed by atoms with Crippen LogP contribution in [0, 0.1) is 0 Å². The normalized spacial score (nSPS) is 19.9. The molecule has 0 saturated carbocycles. The number of hydrogen-bond donors (Lipinski definition) is 0. The van der Waals surface area contributed by atoms with Gasteiger partial charge in [0.05, 0.1) is 25.8 Å². The van der Waals surface area contributed by atoms with Crippen molar-refractivity contribution in [2.24, 2.45) is 0 Å². The molecule has 3 aliphatic rings. The Morgan fingerprint density at radius 1 is 0.860 bits per heavy atom. The van der Waals surface area contributed by atoms with Gasteiger partial charge in [-0.3, -0.25) is 9.47 Å². The van der Waals surface area contributed by atoms with Crippen molar-refractivity contribution in [1.82, 2.24) is 38.6 Å². The third-order valence-corrected chi connectivity index (χ3v) is 9.88. The minimum atomic E-state index is -3.49. The molecule has 3 fully saturated rings. The molecule has 6 rings (SSSR count). The first-order valence-electron chi connectivity index (χ1n) is 14.3. The molecule has 3 saturated heterocycles. The van der Waals surface area contributed by atoms with Crippen LogP contribution in [0.5, 0.6) is 5.75 Å². The van der Waals surface area contributed by atoms with Gasteiger partial charge in [0.25, 0.3) is 6.43 Å². The van der Waals surface area contributed by atoms with E-state index in [1.165, 1.54) is 16.0 Å². The Hall–Kier alpha value is -3.25. The lowest BCUT2D eigenvalue weighted by Crippen LogP contribution is -2.53. The maximum atomic E-state index is 14.3. The van der Waals surface area contributed by atoms with Crippen molar-refractivity contribution < 1.29 is 26.7 Å². The maximum absolute atomic E-state index is 14.3. The van der Waals surface area contributed by atoms with E-state index < -0.39 is 22.3 Å². The van der Waals surface area contributed by atoms with Gasteiger partial charge in [-0.25, -0.2) is 22.2 Å². The van der Waals surface area contributed by atoms with Crippen molar-refractivity contribution >= 4 is 33.0 Å². The summed E-state index contributed by atoms with van der Waals surface area (Å²) < 4.78 is 68.8. The molecular formula is C26H36F2N10O4S. The number of nitrogens with zero attached hydrogens (tertiary/aromatic N) is 10. The van der Waals surface area contributed by atoms with Gasteiger partial charge in [0.2, 0.25) is 27.9 Å². The molecule has 5 heterocycles. The summed E-state index contributed by atoms with van der Waals surface area (Å²) in [5.74, 6) is 0.457. The smallest absolute Gasteiger partial charge is 0.296 e. The molecule has 0 spiro atoms. The Bertz CT molecular complexity index is 1540. The first-order chi connectivity index (χ1) is 20.7. The predicted molar refractivity (Wildman–Crippen MR) is 156 cm³/mol. The van der Waals surface area contributed by atoms with Gasteiger partial charge in [0, 0.05) is 65.4 Å². The van der Waals surface area contributed by atoms with E-state index in [1.54, 1.807) is 18.2 Å². The van der Waals surface area contributed by atoms with Gasteiger partial charge >= 0.3 is 0 Å². The number of anilines is 2. The topological polar surface area (TPSA) is 125 Å². The molecule has 14 nitrogen and oxygen atoms in total. The summed E-state index contributed by atoms with van der Waals surface area (Å²) in [6.07, 6.45) is -2.90. The van der Waals surface area contributed by atoms with Crippen molar-refractivity contribution in [2.75, 3.05) is 108 Å². The second-order valence-electron chi connectivity index (χ2n) is 10.8. The zero-order chi connectivity index (χ0) is 30.1. The third-order valence-electron chi connectivity index (χ3n) is 8.04. The Morgan fingerprint density at radius 3 is 2.12 bits per heavy atom. The van der Waals surface area contributed by atoms with Crippen molar-refractivity contribution in [1.29, 1.82) is 0 Å². The SMILES string of the molecule is COc1cccc2c1nc(C(F)F)n2-c1nc(N2CCOCC2)nc(N2CCN(S(=O)(=O)CN3CCN(C)CC3)CC2)n1. The lowest BCUT2D eigenvalue weighted by Gasteiger charge is -2.37. The van der Waals surface area contributed by atoms with E-state index in [1.807, 2.05) is 21.7 Å². The fraction of sp³-hybridized carbons (Fsp3) is 0.615. The van der Waals surface area contributed by atoms with Gasteiger partial charge in [-0.2, -0.15) is 19.3 Å². The summed E-state index contributed by atoms with van der Waals surface area (Å²) in [6, 6.07) is 5.02. The number of sulfonamides is 1. The van der Waals surface area contributed by atoms with Crippen molar-refractivity contribution in [3.05, 3.63) is 24.0 Å². The van der Waals surface area contributed by atoms with Gasteiger partial charge in [0.15, 0.2) is 5.82 Å². The lowest BCUT2D eigenvalue weighted by molar-refractivity contribution is 0.122. The number of aromatic nitrogens is 5. The molecule has 3 aliphatic heterocycles. The Morgan fingerprint density at radius 2 is 1.49 bits per heavy atom. The van der Waals surface area contributed by atoms with Gasteiger partial charge in [-0.1, -0.05) is 6.07 Å². The van der Waals surface area contributed by atoms with E-state index in [0.29, 0.717) is 69.7 Å². The van der Waals surface area contributed by atoms with Crippen LogP contribution in [0.25, 0.3) is 17.0 Å². The van der Waals surface area contributed by atoms with Crippen LogP contribution in [0.4, 0.5) is 20.7 Å². The minimum absolute atomic E-state index is 0.00247. The first-order valence-corrected chi connectivity index (χ1v) is 15.9. The van der Waals surface area contributed by atoms with Crippen LogP contribution in [0.3, 0.4) is 0 Å². The molecule has 43 heavy (non-hydrogen) atoms. The summed E-state index contributed by atoms with van der Waals surface area (Å²) in [5.41, 5.74) is 0.647. The van der Waals surface area contributed by atoms with E-state index in [0.717, 1.165) is 13.1 Å². The highest BCUT2D eigenvalue weighted by Crippen LogP contribution is 2.32. The van der Waals surface area contributed by atoms with Crippen LogP contribution in [-0.4, -0.2) is 146 Å². The summed E-state index contributed by atoms with van der Waals surface area (Å²) in [6.45, 7) is 6.32. The van der Waals surface area contributed by atoms with Crippen molar-refractivity contribution in [3.8, 4) is 11.7 Å². The number of piperazine rings is 2. The molecule has 0 unspecified atom stereocenters. The number of alkyl halides is 2. The van der Waals surface area contributed by atoms with E-state index >= 15 is 0 Å². The highest BCUT2D eigenvalue weighted by molar-refractivity contribution is 7.89. The van der Waals surface area contributed by atoms with Crippen LogP contribution < -0.4 is 14.5 Å². The quantitative estimate of drug-likeness (QED) is 0.350. The second kappa shape index (κ2) is 12.4. The second-order valence-corrected chi connectivity index (χ2v) is 12.8. The van der Waals surface area contributed by atoms with Crippen molar-refractivity contribution in [3.63, 3.8) is 0 Å². The number of fused-ring (bicyclic) bond motifs is 1. The summed E-state index contributed by atoms with van der Waals surface area (Å²) in [7, 11) is -0.00281. The molecule has 1 aromatic carbocycles. The minimum Gasteiger partial charge on any atom is -0.494 e. The first kappa shape index (κ1) is 29.8. The molecular weight excluding hydrogens is 586 g/mol. The van der Waals surface area contributed by atoms with Gasteiger partial charge in [0.1, 0.15) is 17.1 Å². The van der Waals surface area contributed by atoms with Crippen LogP contribution in [0.2, 0.25) is 0 Å². The fourth-order valence-corrected chi connectivity index (χ4v) is 7.16. The number of rotatable bonds is 8. The summed E-state index contributed by atoms with van der Waals surface area (Å²) in [5, 5.41) is 0. The van der Waals surface area contributed by atoms with Gasteiger partial charge in [-0.15, -0.1) is 0 Å². The van der Waals surface area contributed by atoms with Gasteiger partial charge in [-0.05, 0) is 19.2 Å².